The lowest BCUT2D eigenvalue weighted by Crippen LogP contribution is -2.31. The molecule has 0 aliphatic heterocycles. The summed E-state index contributed by atoms with van der Waals surface area (Å²) in [5.74, 6) is -0.0654. The summed E-state index contributed by atoms with van der Waals surface area (Å²) in [6.07, 6.45) is 1.90. The first-order valence-electron chi connectivity index (χ1n) is 7.97. The summed E-state index contributed by atoms with van der Waals surface area (Å²) in [5.41, 5.74) is 1.26. The van der Waals surface area contributed by atoms with Gasteiger partial charge in [-0.05, 0) is 42.7 Å². The minimum Gasteiger partial charge on any atom is -0.489 e. The van der Waals surface area contributed by atoms with Crippen molar-refractivity contribution in [2.24, 2.45) is 5.41 Å². The van der Waals surface area contributed by atoms with E-state index in [0.717, 1.165) is 18.4 Å². The Hall–Kier alpha value is -2.40. The summed E-state index contributed by atoms with van der Waals surface area (Å²) in [4.78, 5) is 12.2. The number of benzene rings is 2. The molecule has 1 fully saturated rings. The highest BCUT2D eigenvalue weighted by atomic mass is 19.1. The van der Waals surface area contributed by atoms with Crippen LogP contribution in [0.15, 0.2) is 48.5 Å². The third-order valence-electron chi connectivity index (χ3n) is 4.31. The van der Waals surface area contributed by atoms with Gasteiger partial charge in [-0.1, -0.05) is 18.2 Å². The van der Waals surface area contributed by atoms with Crippen LogP contribution in [0.3, 0.4) is 0 Å². The van der Waals surface area contributed by atoms with E-state index in [4.69, 9.17) is 4.74 Å². The van der Waals surface area contributed by atoms with Crippen LogP contribution in [0.1, 0.15) is 28.8 Å². The molecule has 1 aliphatic carbocycles. The van der Waals surface area contributed by atoms with E-state index in [-0.39, 0.29) is 30.4 Å². The number of hydrogen-bond acceptors (Lipinski definition) is 3. The largest absolute Gasteiger partial charge is 0.489 e. The molecule has 4 nitrogen and oxygen atoms in total. The van der Waals surface area contributed by atoms with Crippen LogP contribution < -0.4 is 10.1 Å². The van der Waals surface area contributed by atoms with Crippen LogP contribution in [-0.2, 0) is 6.61 Å². The lowest BCUT2D eigenvalue weighted by Gasteiger charge is -2.13. The summed E-state index contributed by atoms with van der Waals surface area (Å²) in [5, 5.41) is 12.2. The molecule has 24 heavy (non-hydrogen) atoms. The van der Waals surface area contributed by atoms with Gasteiger partial charge < -0.3 is 15.2 Å². The van der Waals surface area contributed by atoms with Crippen LogP contribution >= 0.6 is 0 Å². The van der Waals surface area contributed by atoms with Crippen molar-refractivity contribution in [3.63, 3.8) is 0 Å². The second-order valence-electron chi connectivity index (χ2n) is 6.29. The molecule has 2 N–H and O–H groups in total. The standard InChI is InChI=1S/C19H20FNO3/c20-16-5-2-6-17(10-16)24-11-14-3-1-4-15(9-14)18(23)21-12-19(13-22)7-8-19/h1-6,9-10,22H,7-8,11-13H2,(H,21,23). The number of carbonyl (C=O) groups excluding carboxylic acids is 1. The number of aliphatic hydroxyl groups is 1. The molecule has 126 valence electrons. The average molecular weight is 329 g/mol. The summed E-state index contributed by atoms with van der Waals surface area (Å²) >= 11 is 0. The van der Waals surface area contributed by atoms with Gasteiger partial charge >= 0.3 is 0 Å². The number of hydrogen-bond donors (Lipinski definition) is 2. The fraction of sp³-hybridized carbons (Fsp3) is 0.316. The Labute approximate surface area is 140 Å². The highest BCUT2D eigenvalue weighted by Crippen LogP contribution is 2.44. The van der Waals surface area contributed by atoms with E-state index in [1.165, 1.54) is 12.1 Å². The molecule has 0 heterocycles. The van der Waals surface area contributed by atoms with E-state index in [1.54, 1.807) is 30.3 Å². The number of ether oxygens (including phenoxy) is 1. The van der Waals surface area contributed by atoms with Gasteiger partial charge in [0.15, 0.2) is 0 Å². The van der Waals surface area contributed by atoms with Gasteiger partial charge in [-0.2, -0.15) is 0 Å². The van der Waals surface area contributed by atoms with Gasteiger partial charge in [-0.25, -0.2) is 4.39 Å². The predicted octanol–water partition coefficient (Wildman–Crippen LogP) is 2.91. The van der Waals surface area contributed by atoms with Crippen LogP contribution in [-0.4, -0.2) is 24.2 Å². The van der Waals surface area contributed by atoms with E-state index in [9.17, 15) is 14.3 Å². The second-order valence-corrected chi connectivity index (χ2v) is 6.29. The van der Waals surface area contributed by atoms with E-state index in [0.29, 0.717) is 17.9 Å². The van der Waals surface area contributed by atoms with E-state index < -0.39 is 0 Å². The van der Waals surface area contributed by atoms with Gasteiger partial charge in [0.1, 0.15) is 18.2 Å². The maximum Gasteiger partial charge on any atom is 0.251 e. The third kappa shape index (κ3) is 4.11. The third-order valence-corrected chi connectivity index (χ3v) is 4.31. The van der Waals surface area contributed by atoms with Crippen molar-refractivity contribution in [2.75, 3.05) is 13.2 Å². The van der Waals surface area contributed by atoms with Crippen molar-refractivity contribution in [2.45, 2.75) is 19.4 Å². The second kappa shape index (κ2) is 7.01. The molecule has 3 rings (SSSR count). The van der Waals surface area contributed by atoms with Gasteiger partial charge in [0.25, 0.3) is 5.91 Å². The zero-order valence-electron chi connectivity index (χ0n) is 13.3. The van der Waals surface area contributed by atoms with Crippen LogP contribution in [0.4, 0.5) is 4.39 Å². The van der Waals surface area contributed by atoms with E-state index >= 15 is 0 Å². The fourth-order valence-electron chi connectivity index (χ4n) is 2.46. The number of halogens is 1. The van der Waals surface area contributed by atoms with E-state index in [1.807, 2.05) is 6.07 Å². The Kier molecular flexibility index (Phi) is 4.81. The Balaban J connectivity index is 1.58. The number of nitrogens with one attached hydrogen (secondary N) is 1. The minimum absolute atomic E-state index is 0.106. The molecular formula is C19H20FNO3. The fourth-order valence-corrected chi connectivity index (χ4v) is 2.46. The monoisotopic (exact) mass is 329 g/mol. The Bertz CT molecular complexity index is 728. The molecule has 0 unspecified atom stereocenters. The SMILES string of the molecule is O=C(NCC1(CO)CC1)c1cccc(COc2cccc(F)c2)c1. The summed E-state index contributed by atoms with van der Waals surface area (Å²) < 4.78 is 18.7. The summed E-state index contributed by atoms with van der Waals surface area (Å²) in [6, 6.07) is 13.1. The molecule has 0 bridgehead atoms. The molecular weight excluding hydrogens is 309 g/mol. The number of aliphatic hydroxyl groups excluding tert-OH is 1. The molecule has 5 heteroatoms. The maximum atomic E-state index is 13.1. The van der Waals surface area contributed by atoms with Gasteiger partial charge in [-0.15, -0.1) is 0 Å². The molecule has 1 amide bonds. The van der Waals surface area contributed by atoms with Crippen molar-refractivity contribution in [3.05, 3.63) is 65.5 Å². The zero-order chi connectivity index (χ0) is 17.0. The first-order valence-corrected chi connectivity index (χ1v) is 7.97. The maximum absolute atomic E-state index is 13.1. The number of amides is 1. The molecule has 0 radical (unpaired) electrons. The molecule has 2 aromatic rings. The Morgan fingerprint density at radius 2 is 2.00 bits per heavy atom. The molecule has 0 aromatic heterocycles. The smallest absolute Gasteiger partial charge is 0.251 e. The van der Waals surface area contributed by atoms with Gasteiger partial charge in [0, 0.05) is 23.6 Å². The number of rotatable bonds is 7. The van der Waals surface area contributed by atoms with Crippen molar-refractivity contribution < 1.29 is 19.0 Å². The van der Waals surface area contributed by atoms with E-state index in [2.05, 4.69) is 5.32 Å². The lowest BCUT2D eigenvalue weighted by molar-refractivity contribution is 0.0935. The highest BCUT2D eigenvalue weighted by Gasteiger charge is 2.42. The first-order chi connectivity index (χ1) is 11.6. The first kappa shape index (κ1) is 16.5. The summed E-state index contributed by atoms with van der Waals surface area (Å²) in [6.45, 7) is 0.853. The van der Waals surface area contributed by atoms with Crippen molar-refractivity contribution >= 4 is 5.91 Å². The number of carbonyl (C=O) groups is 1. The molecule has 0 spiro atoms. The quantitative estimate of drug-likeness (QED) is 0.821. The van der Waals surface area contributed by atoms with Crippen LogP contribution in [0.2, 0.25) is 0 Å². The average Bonchev–Trinajstić information content (AvgIpc) is 3.39. The Morgan fingerprint density at radius 1 is 1.21 bits per heavy atom. The van der Waals surface area contributed by atoms with Crippen molar-refractivity contribution in [1.82, 2.24) is 5.32 Å². The van der Waals surface area contributed by atoms with Gasteiger partial charge in [0.2, 0.25) is 0 Å². The van der Waals surface area contributed by atoms with Gasteiger partial charge in [0.05, 0.1) is 6.61 Å². The van der Waals surface area contributed by atoms with Crippen LogP contribution in [0.5, 0.6) is 5.75 Å². The van der Waals surface area contributed by atoms with Crippen LogP contribution in [0, 0.1) is 11.2 Å². The topological polar surface area (TPSA) is 58.6 Å². The predicted molar refractivity (Wildman–Crippen MR) is 88.3 cm³/mol. The van der Waals surface area contributed by atoms with Gasteiger partial charge in [-0.3, -0.25) is 4.79 Å². The molecule has 0 saturated heterocycles. The Morgan fingerprint density at radius 3 is 2.71 bits per heavy atom. The van der Waals surface area contributed by atoms with Crippen molar-refractivity contribution in [3.8, 4) is 5.75 Å². The summed E-state index contributed by atoms with van der Waals surface area (Å²) in [7, 11) is 0. The zero-order valence-corrected chi connectivity index (χ0v) is 13.3. The molecule has 1 aliphatic rings. The normalized spacial score (nSPS) is 14.9. The minimum atomic E-state index is -0.349. The molecule has 0 atom stereocenters. The molecule has 1 saturated carbocycles. The highest BCUT2D eigenvalue weighted by molar-refractivity contribution is 5.94. The van der Waals surface area contributed by atoms with Crippen LogP contribution in [0.25, 0.3) is 0 Å². The lowest BCUT2D eigenvalue weighted by atomic mass is 10.1. The molecule has 2 aromatic carbocycles. The van der Waals surface area contributed by atoms with Crippen molar-refractivity contribution in [1.29, 1.82) is 0 Å².